The molecule has 0 unspecified atom stereocenters. The van der Waals surface area contributed by atoms with Crippen molar-refractivity contribution in [2.24, 2.45) is 5.16 Å². The van der Waals surface area contributed by atoms with E-state index in [0.29, 0.717) is 23.7 Å². The predicted octanol–water partition coefficient (Wildman–Crippen LogP) is 3.17. The van der Waals surface area contributed by atoms with E-state index >= 15 is 0 Å². The van der Waals surface area contributed by atoms with E-state index in [-0.39, 0.29) is 11.4 Å². The average Bonchev–Trinajstić information content (AvgIpc) is 3.01. The number of rotatable bonds is 3. The van der Waals surface area contributed by atoms with E-state index in [1.54, 1.807) is 0 Å². The fraction of sp³-hybridized carbons (Fsp3) is 0.0500. The highest BCUT2D eigenvalue weighted by atomic mass is 16.6. The summed E-state index contributed by atoms with van der Waals surface area (Å²) in [5.74, 6) is 0. The van der Waals surface area contributed by atoms with Crippen LogP contribution in [0.2, 0.25) is 0 Å². The minimum atomic E-state index is -0.0187. The minimum Gasteiger partial charge on any atom is -0.390 e. The van der Waals surface area contributed by atoms with Gasteiger partial charge >= 0.3 is 0 Å². The first kappa shape index (κ1) is 15.5. The lowest BCUT2D eigenvalue weighted by Gasteiger charge is -2.03. The Hall–Kier alpha value is -4.03. The quantitative estimate of drug-likeness (QED) is 0.535. The molecule has 0 bridgehead atoms. The molecule has 4 rings (SSSR count). The predicted molar refractivity (Wildman–Crippen MR) is 93.8 cm³/mol. The molecule has 1 aliphatic rings. The minimum absolute atomic E-state index is 0.00695. The molecule has 1 aromatic heterocycles. The van der Waals surface area contributed by atoms with Crippen LogP contribution in [0.5, 0.6) is 0 Å². The van der Waals surface area contributed by atoms with E-state index in [1.165, 1.54) is 0 Å². The van der Waals surface area contributed by atoms with Crippen molar-refractivity contribution in [3.05, 3.63) is 82.8 Å². The summed E-state index contributed by atoms with van der Waals surface area (Å²) < 4.78 is 0. The Morgan fingerprint density at radius 2 is 1.42 bits per heavy atom. The summed E-state index contributed by atoms with van der Waals surface area (Å²) in [6, 6.07) is 21.1. The van der Waals surface area contributed by atoms with Crippen LogP contribution in [0.25, 0.3) is 11.3 Å². The van der Waals surface area contributed by atoms with Crippen LogP contribution in [0.4, 0.5) is 0 Å². The third-order valence-electron chi connectivity index (χ3n) is 4.00. The summed E-state index contributed by atoms with van der Waals surface area (Å²) in [5.41, 5.74) is 4.12. The number of hydrogen-bond donors (Lipinski definition) is 0. The summed E-state index contributed by atoms with van der Waals surface area (Å²) in [6.07, 6.45) is 0. The van der Waals surface area contributed by atoms with Crippen LogP contribution in [0.1, 0.15) is 28.2 Å². The molecule has 26 heavy (non-hydrogen) atoms. The summed E-state index contributed by atoms with van der Waals surface area (Å²) in [6.45, 7) is 0.316. The Kier molecular flexibility index (Phi) is 3.85. The summed E-state index contributed by atoms with van der Waals surface area (Å²) in [4.78, 5) is 14.1. The second-order valence-corrected chi connectivity index (χ2v) is 5.59. The fourth-order valence-electron chi connectivity index (χ4n) is 2.81. The van der Waals surface area contributed by atoms with Crippen molar-refractivity contribution in [3.63, 3.8) is 0 Å². The maximum absolute atomic E-state index is 9.23. The normalized spacial score (nSPS) is 12.8. The highest BCUT2D eigenvalue weighted by molar-refractivity contribution is 6.22. The molecule has 2 aromatic carbocycles. The fourth-order valence-corrected chi connectivity index (χ4v) is 2.81. The first-order chi connectivity index (χ1) is 12.8. The zero-order valence-electron chi connectivity index (χ0n) is 13.5. The van der Waals surface area contributed by atoms with Gasteiger partial charge in [-0.25, -0.2) is 9.97 Å². The number of aromatic nitrogens is 2. The molecule has 0 N–H and O–H groups in total. The van der Waals surface area contributed by atoms with Gasteiger partial charge in [0.25, 0.3) is 0 Å². The number of hydrogen-bond acceptors (Lipinski definition) is 6. The van der Waals surface area contributed by atoms with Crippen molar-refractivity contribution in [2.45, 2.75) is 6.61 Å². The van der Waals surface area contributed by atoms with E-state index in [2.05, 4.69) is 15.1 Å². The Morgan fingerprint density at radius 1 is 0.808 bits per heavy atom. The van der Waals surface area contributed by atoms with E-state index in [9.17, 15) is 10.5 Å². The van der Waals surface area contributed by atoms with Crippen LogP contribution in [0.15, 0.2) is 59.8 Å². The molecule has 0 atom stereocenters. The van der Waals surface area contributed by atoms with E-state index in [1.807, 2.05) is 66.7 Å². The van der Waals surface area contributed by atoms with Gasteiger partial charge in [-0.1, -0.05) is 59.8 Å². The molecule has 0 fully saturated rings. The largest absolute Gasteiger partial charge is 0.390 e. The van der Waals surface area contributed by atoms with Crippen molar-refractivity contribution in [2.75, 3.05) is 0 Å². The molecule has 1 heterocycles. The summed E-state index contributed by atoms with van der Waals surface area (Å²) in [5, 5.41) is 22.7. The van der Waals surface area contributed by atoms with E-state index < -0.39 is 0 Å². The van der Waals surface area contributed by atoms with Gasteiger partial charge in [0.05, 0.1) is 0 Å². The monoisotopic (exact) mass is 337 g/mol. The van der Waals surface area contributed by atoms with Gasteiger partial charge < -0.3 is 4.84 Å². The van der Waals surface area contributed by atoms with Crippen molar-refractivity contribution in [1.29, 1.82) is 10.5 Å². The molecule has 3 aromatic rings. The van der Waals surface area contributed by atoms with Gasteiger partial charge in [0.2, 0.25) is 0 Å². The number of nitrogens with zero attached hydrogens (tertiary/aromatic N) is 5. The molecule has 0 spiro atoms. The lowest BCUT2D eigenvalue weighted by Crippen LogP contribution is -2.06. The van der Waals surface area contributed by atoms with Gasteiger partial charge in [0, 0.05) is 11.1 Å². The molecule has 122 valence electrons. The standard InChI is InChI=1S/C20H11N5O/c21-10-16-17(11-22)24-20-18(23-16)14-8-4-5-9-15(14)19(20)25-26-12-13-6-2-1-3-7-13/h1-9H,12H2/b25-19-. The lowest BCUT2D eigenvalue weighted by atomic mass is 10.1. The first-order valence-electron chi connectivity index (χ1n) is 7.88. The second kappa shape index (κ2) is 6.46. The molecule has 6 heteroatoms. The number of nitriles is 2. The smallest absolute Gasteiger partial charge is 0.177 e. The molecule has 0 aliphatic heterocycles. The molecule has 0 saturated heterocycles. The highest BCUT2D eigenvalue weighted by Crippen LogP contribution is 2.35. The van der Waals surface area contributed by atoms with Crippen molar-refractivity contribution in [3.8, 4) is 23.4 Å². The van der Waals surface area contributed by atoms with Crippen molar-refractivity contribution < 1.29 is 4.84 Å². The zero-order chi connectivity index (χ0) is 17.9. The Morgan fingerprint density at radius 3 is 2.12 bits per heavy atom. The molecule has 0 saturated carbocycles. The molecule has 0 radical (unpaired) electrons. The van der Waals surface area contributed by atoms with Crippen LogP contribution in [0.3, 0.4) is 0 Å². The lowest BCUT2D eigenvalue weighted by molar-refractivity contribution is 0.131. The zero-order valence-corrected chi connectivity index (χ0v) is 13.5. The number of fused-ring (bicyclic) bond motifs is 3. The van der Waals surface area contributed by atoms with Gasteiger partial charge in [-0.15, -0.1) is 0 Å². The summed E-state index contributed by atoms with van der Waals surface area (Å²) in [7, 11) is 0. The van der Waals surface area contributed by atoms with Crippen molar-refractivity contribution >= 4 is 5.71 Å². The van der Waals surface area contributed by atoms with Gasteiger partial charge in [0.1, 0.15) is 35.8 Å². The molecule has 6 nitrogen and oxygen atoms in total. The SMILES string of the molecule is N#Cc1nc2c(nc1C#N)-c1ccccc1/C2=N/OCc1ccccc1. The summed E-state index contributed by atoms with van der Waals surface area (Å²) >= 11 is 0. The maximum Gasteiger partial charge on any atom is 0.177 e. The van der Waals surface area contributed by atoms with Gasteiger partial charge in [-0.05, 0) is 5.56 Å². The molecular weight excluding hydrogens is 326 g/mol. The molecular formula is C20H11N5O. The third-order valence-corrected chi connectivity index (χ3v) is 4.00. The molecule has 1 aliphatic carbocycles. The Labute approximate surface area is 149 Å². The van der Waals surface area contributed by atoms with Gasteiger partial charge in [-0.3, -0.25) is 0 Å². The number of oxime groups is 1. The molecule has 0 amide bonds. The van der Waals surface area contributed by atoms with Crippen LogP contribution >= 0.6 is 0 Å². The third kappa shape index (κ3) is 2.56. The highest BCUT2D eigenvalue weighted by Gasteiger charge is 2.30. The van der Waals surface area contributed by atoms with Crippen molar-refractivity contribution in [1.82, 2.24) is 9.97 Å². The van der Waals surface area contributed by atoms with Crippen LogP contribution in [-0.2, 0) is 11.4 Å². The maximum atomic E-state index is 9.23. The van der Waals surface area contributed by atoms with E-state index in [4.69, 9.17) is 4.84 Å². The topological polar surface area (TPSA) is 95.0 Å². The van der Waals surface area contributed by atoms with Crippen LogP contribution < -0.4 is 0 Å². The second-order valence-electron chi connectivity index (χ2n) is 5.59. The van der Waals surface area contributed by atoms with Gasteiger partial charge in [-0.2, -0.15) is 10.5 Å². The Balaban J connectivity index is 1.78. The number of benzene rings is 2. The average molecular weight is 337 g/mol. The first-order valence-corrected chi connectivity index (χ1v) is 7.88. The van der Waals surface area contributed by atoms with E-state index in [0.717, 1.165) is 16.7 Å². The van der Waals surface area contributed by atoms with Crippen LogP contribution in [0, 0.1) is 22.7 Å². The van der Waals surface area contributed by atoms with Gasteiger partial charge in [0.15, 0.2) is 11.4 Å². The Bertz CT molecular complexity index is 1110. The van der Waals surface area contributed by atoms with Crippen LogP contribution in [-0.4, -0.2) is 15.7 Å².